The van der Waals surface area contributed by atoms with Gasteiger partial charge in [-0.2, -0.15) is 0 Å². The number of amides is 1. The Labute approximate surface area is 152 Å². The highest BCUT2D eigenvalue weighted by molar-refractivity contribution is 7.13. The first-order valence-corrected chi connectivity index (χ1v) is 8.64. The van der Waals surface area contributed by atoms with Crippen LogP contribution in [0.4, 0.5) is 10.1 Å². The molecule has 0 atom stereocenters. The molecule has 0 spiro atoms. The highest BCUT2D eigenvalue weighted by Crippen LogP contribution is 2.24. The van der Waals surface area contributed by atoms with Gasteiger partial charge in [0.2, 0.25) is 0 Å². The fourth-order valence-corrected chi connectivity index (χ4v) is 3.19. The third kappa shape index (κ3) is 4.28. The minimum atomic E-state index is -0.542. The van der Waals surface area contributed by atoms with Gasteiger partial charge < -0.3 is 5.32 Å². The monoisotopic (exact) mass is 371 g/mol. The zero-order valence-corrected chi connectivity index (χ0v) is 14.3. The van der Waals surface area contributed by atoms with Gasteiger partial charge in [0.15, 0.2) is 0 Å². The molecule has 0 bridgehead atoms. The molecular weight excluding hydrogens is 357 g/mol. The number of hydrogen-bond donors (Lipinski definition) is 1. The van der Waals surface area contributed by atoms with Crippen molar-refractivity contribution < 1.29 is 14.1 Å². The lowest BCUT2D eigenvalue weighted by atomic mass is 10.2. The molecule has 1 heterocycles. The molecule has 1 aromatic heterocycles. The quantitative estimate of drug-likeness (QED) is 0.527. The summed E-state index contributed by atoms with van der Waals surface area (Å²) in [5, 5.41) is 16.0. The van der Waals surface area contributed by atoms with Crippen LogP contribution in [0.25, 0.3) is 10.6 Å². The number of nitrogens with zero attached hydrogens (tertiary/aromatic N) is 2. The Kier molecular flexibility index (Phi) is 5.33. The zero-order chi connectivity index (χ0) is 18.5. The standard InChI is InChI=1S/C18H14FN3O3S/c19-14-5-1-4-13(9-14)18-21-15(11-26-18)7-8-20-17(23)12-3-2-6-16(10-12)22(24)25/h1-6,9-11H,7-8H2,(H,20,23). The van der Waals surface area contributed by atoms with Gasteiger partial charge in [0.1, 0.15) is 10.8 Å². The topological polar surface area (TPSA) is 85.1 Å². The van der Waals surface area contributed by atoms with E-state index in [4.69, 9.17) is 0 Å². The van der Waals surface area contributed by atoms with Crippen LogP contribution >= 0.6 is 11.3 Å². The van der Waals surface area contributed by atoms with E-state index < -0.39 is 4.92 Å². The minimum Gasteiger partial charge on any atom is -0.352 e. The fraction of sp³-hybridized carbons (Fsp3) is 0.111. The van der Waals surface area contributed by atoms with Gasteiger partial charge in [-0.25, -0.2) is 9.37 Å². The first-order valence-electron chi connectivity index (χ1n) is 7.76. The largest absolute Gasteiger partial charge is 0.352 e. The molecule has 0 aliphatic carbocycles. The number of rotatable bonds is 6. The maximum Gasteiger partial charge on any atom is 0.270 e. The maximum absolute atomic E-state index is 13.3. The molecule has 0 fully saturated rings. The highest BCUT2D eigenvalue weighted by Gasteiger charge is 2.11. The second kappa shape index (κ2) is 7.83. The number of aromatic nitrogens is 1. The molecule has 0 saturated carbocycles. The van der Waals surface area contributed by atoms with E-state index in [-0.39, 0.29) is 23.0 Å². The van der Waals surface area contributed by atoms with E-state index in [1.807, 2.05) is 5.38 Å². The fourth-order valence-electron chi connectivity index (χ4n) is 2.34. The van der Waals surface area contributed by atoms with Crippen molar-refractivity contribution in [3.05, 3.63) is 81.1 Å². The number of carbonyl (C=O) groups excluding carboxylic acids is 1. The van der Waals surface area contributed by atoms with Gasteiger partial charge in [-0.3, -0.25) is 14.9 Å². The molecular formula is C18H14FN3O3S. The van der Waals surface area contributed by atoms with Gasteiger partial charge in [-0.1, -0.05) is 18.2 Å². The van der Waals surface area contributed by atoms with Crippen LogP contribution in [0, 0.1) is 15.9 Å². The van der Waals surface area contributed by atoms with E-state index in [1.54, 1.807) is 12.1 Å². The third-order valence-electron chi connectivity index (χ3n) is 3.61. The van der Waals surface area contributed by atoms with E-state index in [1.165, 1.54) is 47.7 Å². The first kappa shape index (κ1) is 17.7. The van der Waals surface area contributed by atoms with E-state index in [2.05, 4.69) is 10.3 Å². The van der Waals surface area contributed by atoms with Gasteiger partial charge in [-0.05, 0) is 18.2 Å². The number of nitro groups is 1. The number of halogens is 1. The molecule has 0 saturated heterocycles. The normalized spacial score (nSPS) is 10.5. The van der Waals surface area contributed by atoms with Crippen LogP contribution in [0.2, 0.25) is 0 Å². The summed E-state index contributed by atoms with van der Waals surface area (Å²) in [4.78, 5) is 26.7. The second-order valence-corrected chi connectivity index (χ2v) is 6.33. The first-order chi connectivity index (χ1) is 12.5. The van der Waals surface area contributed by atoms with Crippen molar-refractivity contribution in [2.24, 2.45) is 0 Å². The lowest BCUT2D eigenvalue weighted by Crippen LogP contribution is -2.25. The molecule has 6 nitrogen and oxygen atoms in total. The van der Waals surface area contributed by atoms with Gasteiger partial charge in [0.05, 0.1) is 10.6 Å². The summed E-state index contributed by atoms with van der Waals surface area (Å²) in [7, 11) is 0. The molecule has 0 radical (unpaired) electrons. The van der Waals surface area contributed by atoms with Gasteiger partial charge in [-0.15, -0.1) is 11.3 Å². The number of non-ortho nitro benzene ring substituents is 1. The van der Waals surface area contributed by atoms with Crippen molar-refractivity contribution in [2.45, 2.75) is 6.42 Å². The average Bonchev–Trinajstić information content (AvgIpc) is 3.10. The Hall–Kier alpha value is -3.13. The molecule has 0 aliphatic heterocycles. The summed E-state index contributed by atoms with van der Waals surface area (Å²) in [6, 6.07) is 11.8. The van der Waals surface area contributed by atoms with E-state index in [0.29, 0.717) is 23.5 Å². The summed E-state index contributed by atoms with van der Waals surface area (Å²) >= 11 is 1.41. The minimum absolute atomic E-state index is 0.128. The predicted molar refractivity (Wildman–Crippen MR) is 96.6 cm³/mol. The lowest BCUT2D eigenvalue weighted by molar-refractivity contribution is -0.384. The van der Waals surface area contributed by atoms with Gasteiger partial charge in [0.25, 0.3) is 11.6 Å². The molecule has 8 heteroatoms. The summed E-state index contributed by atoms with van der Waals surface area (Å²) in [6.45, 7) is 0.341. The third-order valence-corrected chi connectivity index (χ3v) is 4.55. The van der Waals surface area contributed by atoms with Crippen LogP contribution in [0.1, 0.15) is 16.1 Å². The number of thiazole rings is 1. The Balaban J connectivity index is 1.58. The van der Waals surface area contributed by atoms with Crippen LogP contribution in [-0.2, 0) is 6.42 Å². The molecule has 0 unspecified atom stereocenters. The number of hydrogen-bond acceptors (Lipinski definition) is 5. The molecule has 1 N–H and O–H groups in total. The number of nitrogens with one attached hydrogen (secondary N) is 1. The molecule has 3 rings (SSSR count). The summed E-state index contributed by atoms with van der Waals surface area (Å²) < 4.78 is 13.3. The Morgan fingerprint density at radius 1 is 1.23 bits per heavy atom. The number of nitro benzene ring substituents is 1. The molecule has 26 heavy (non-hydrogen) atoms. The predicted octanol–water partition coefficient (Wildman–Crippen LogP) is 3.83. The van der Waals surface area contributed by atoms with Crippen molar-refractivity contribution >= 4 is 22.9 Å². The smallest absolute Gasteiger partial charge is 0.270 e. The molecule has 1 amide bonds. The average molecular weight is 371 g/mol. The van der Waals surface area contributed by atoms with Crippen molar-refractivity contribution in [1.82, 2.24) is 10.3 Å². The zero-order valence-electron chi connectivity index (χ0n) is 13.5. The Bertz CT molecular complexity index is 958. The summed E-state index contributed by atoms with van der Waals surface area (Å²) in [5.74, 6) is -0.697. The Morgan fingerprint density at radius 3 is 2.81 bits per heavy atom. The highest BCUT2D eigenvalue weighted by atomic mass is 32.1. The lowest BCUT2D eigenvalue weighted by Gasteiger charge is -2.04. The van der Waals surface area contributed by atoms with Crippen LogP contribution in [0.15, 0.2) is 53.9 Å². The molecule has 3 aromatic rings. The summed E-state index contributed by atoms with van der Waals surface area (Å²) in [5.41, 5.74) is 1.60. The van der Waals surface area contributed by atoms with E-state index in [9.17, 15) is 19.3 Å². The SMILES string of the molecule is O=C(NCCc1csc(-c2cccc(F)c2)n1)c1cccc([N+](=O)[O-])c1. The van der Waals surface area contributed by atoms with E-state index in [0.717, 1.165) is 5.69 Å². The summed E-state index contributed by atoms with van der Waals surface area (Å²) in [6.07, 6.45) is 0.506. The molecule has 2 aromatic carbocycles. The van der Waals surface area contributed by atoms with Crippen molar-refractivity contribution in [3.63, 3.8) is 0 Å². The second-order valence-electron chi connectivity index (χ2n) is 5.47. The van der Waals surface area contributed by atoms with Crippen LogP contribution in [-0.4, -0.2) is 22.4 Å². The van der Waals surface area contributed by atoms with Crippen LogP contribution < -0.4 is 5.32 Å². The van der Waals surface area contributed by atoms with Gasteiger partial charge in [0, 0.05) is 41.6 Å². The van der Waals surface area contributed by atoms with Crippen molar-refractivity contribution in [1.29, 1.82) is 0 Å². The number of benzene rings is 2. The van der Waals surface area contributed by atoms with Gasteiger partial charge >= 0.3 is 0 Å². The maximum atomic E-state index is 13.3. The molecule has 0 aliphatic rings. The van der Waals surface area contributed by atoms with Crippen molar-refractivity contribution in [3.8, 4) is 10.6 Å². The number of carbonyl (C=O) groups is 1. The van der Waals surface area contributed by atoms with E-state index >= 15 is 0 Å². The van der Waals surface area contributed by atoms with Crippen molar-refractivity contribution in [2.75, 3.05) is 6.54 Å². The Morgan fingerprint density at radius 2 is 2.04 bits per heavy atom. The molecule has 132 valence electrons. The van der Waals surface area contributed by atoms with Crippen LogP contribution in [0.3, 0.4) is 0 Å². The van der Waals surface area contributed by atoms with Crippen LogP contribution in [0.5, 0.6) is 0 Å².